The van der Waals surface area contributed by atoms with E-state index in [1.54, 1.807) is 18.2 Å². The van der Waals surface area contributed by atoms with E-state index in [0.29, 0.717) is 53.5 Å². The molecule has 178 valence electrons. The van der Waals surface area contributed by atoms with Crippen molar-refractivity contribution in [1.82, 2.24) is 19.7 Å². The predicted molar refractivity (Wildman–Crippen MR) is 125 cm³/mol. The fourth-order valence-electron chi connectivity index (χ4n) is 5.74. The largest absolute Gasteiger partial charge is 0.420 e. The molecule has 0 spiro atoms. The molecule has 3 aliphatic heterocycles. The van der Waals surface area contributed by atoms with Crippen LogP contribution in [0.25, 0.3) is 11.1 Å². The number of nitrogens with one attached hydrogen (secondary N) is 1. The monoisotopic (exact) mass is 474 g/mol. The number of halogens is 1. The molecular formula is C24H31ClN4O4. The molecule has 9 heteroatoms. The molecule has 8 nitrogen and oxygen atoms in total. The van der Waals surface area contributed by atoms with Crippen molar-refractivity contribution in [3.63, 3.8) is 0 Å². The number of likely N-dealkylation sites (tertiary alicyclic amines) is 2. The fourth-order valence-corrected chi connectivity index (χ4v) is 5.90. The van der Waals surface area contributed by atoms with E-state index in [2.05, 4.69) is 5.32 Å². The van der Waals surface area contributed by atoms with Gasteiger partial charge in [0.05, 0.1) is 5.52 Å². The number of benzene rings is 1. The first-order valence-electron chi connectivity index (χ1n) is 12.1. The highest BCUT2D eigenvalue weighted by Gasteiger charge is 2.38. The Kier molecular flexibility index (Phi) is 6.47. The Morgan fingerprint density at radius 2 is 1.94 bits per heavy atom. The molecule has 0 radical (unpaired) electrons. The molecule has 3 atom stereocenters. The second-order valence-corrected chi connectivity index (χ2v) is 10.2. The van der Waals surface area contributed by atoms with E-state index in [1.807, 2.05) is 9.80 Å². The maximum atomic E-state index is 13.1. The summed E-state index contributed by atoms with van der Waals surface area (Å²) in [7, 11) is 0. The van der Waals surface area contributed by atoms with Crippen LogP contribution in [0.5, 0.6) is 0 Å². The van der Waals surface area contributed by atoms with Crippen molar-refractivity contribution in [2.75, 3.05) is 32.7 Å². The molecule has 1 N–H and O–H groups in total. The van der Waals surface area contributed by atoms with Gasteiger partial charge in [-0.05, 0) is 62.6 Å². The number of rotatable bonds is 6. The highest BCUT2D eigenvalue weighted by molar-refractivity contribution is 6.31. The number of piperidine rings is 2. The van der Waals surface area contributed by atoms with Crippen molar-refractivity contribution in [3.8, 4) is 0 Å². The van der Waals surface area contributed by atoms with Crippen LogP contribution in [0.3, 0.4) is 0 Å². The number of hydrogen-bond acceptors (Lipinski definition) is 5. The third kappa shape index (κ3) is 4.82. The van der Waals surface area contributed by atoms with E-state index in [9.17, 15) is 14.4 Å². The quantitative estimate of drug-likeness (QED) is 0.695. The molecule has 3 aliphatic rings. The number of amides is 2. The van der Waals surface area contributed by atoms with Crippen LogP contribution in [0, 0.1) is 11.8 Å². The fraction of sp³-hybridized carbons (Fsp3) is 0.625. The van der Waals surface area contributed by atoms with Crippen molar-refractivity contribution in [3.05, 3.63) is 33.8 Å². The van der Waals surface area contributed by atoms with Crippen molar-refractivity contribution in [2.45, 2.75) is 51.1 Å². The summed E-state index contributed by atoms with van der Waals surface area (Å²) in [6, 6.07) is 5.32. The van der Waals surface area contributed by atoms with Gasteiger partial charge in [-0.1, -0.05) is 11.6 Å². The van der Waals surface area contributed by atoms with Gasteiger partial charge in [-0.3, -0.25) is 14.2 Å². The summed E-state index contributed by atoms with van der Waals surface area (Å²) >= 11 is 5.99. The molecule has 0 aliphatic carbocycles. The second kappa shape index (κ2) is 9.50. The molecule has 2 amide bonds. The zero-order valence-electron chi connectivity index (χ0n) is 18.8. The highest BCUT2D eigenvalue weighted by atomic mass is 35.5. The summed E-state index contributed by atoms with van der Waals surface area (Å²) in [5, 5.41) is 4.15. The minimum atomic E-state index is -0.542. The third-order valence-corrected chi connectivity index (χ3v) is 7.68. The van der Waals surface area contributed by atoms with Gasteiger partial charge in [0.2, 0.25) is 11.8 Å². The van der Waals surface area contributed by atoms with Gasteiger partial charge >= 0.3 is 5.76 Å². The highest BCUT2D eigenvalue weighted by Crippen LogP contribution is 2.31. The van der Waals surface area contributed by atoms with E-state index < -0.39 is 5.76 Å². The molecule has 1 aromatic carbocycles. The SMILES string of the molecule is O=C(CCC[C@H]1NCC2CC1CN(C(=O)Cn1c(=O)oc3cc(Cl)ccc31)C2)N1CCCC1. The molecule has 33 heavy (non-hydrogen) atoms. The molecule has 4 heterocycles. The zero-order chi connectivity index (χ0) is 22.9. The summed E-state index contributed by atoms with van der Waals surface area (Å²) in [5.41, 5.74) is 0.973. The first-order valence-corrected chi connectivity index (χ1v) is 12.4. The van der Waals surface area contributed by atoms with Crippen molar-refractivity contribution in [2.24, 2.45) is 11.8 Å². The van der Waals surface area contributed by atoms with Gasteiger partial charge in [-0.15, -0.1) is 0 Å². The van der Waals surface area contributed by atoms with Gasteiger partial charge in [0.15, 0.2) is 5.58 Å². The Bertz CT molecular complexity index is 1090. The van der Waals surface area contributed by atoms with Crippen LogP contribution in [0.1, 0.15) is 38.5 Å². The number of carbonyl (C=O) groups excluding carboxylic acids is 2. The van der Waals surface area contributed by atoms with E-state index in [4.69, 9.17) is 16.0 Å². The molecule has 1 aromatic heterocycles. The van der Waals surface area contributed by atoms with Crippen molar-refractivity contribution >= 4 is 34.5 Å². The number of carbonyl (C=O) groups is 2. The lowest BCUT2D eigenvalue weighted by Gasteiger charge is -2.46. The molecule has 2 aromatic rings. The van der Waals surface area contributed by atoms with Crippen LogP contribution in [0.4, 0.5) is 0 Å². The molecule has 0 saturated carbocycles. The number of nitrogens with zero attached hydrogens (tertiary/aromatic N) is 3. The van der Waals surface area contributed by atoms with Crippen LogP contribution in [0.15, 0.2) is 27.4 Å². The predicted octanol–water partition coefficient (Wildman–Crippen LogP) is 2.48. The lowest BCUT2D eigenvalue weighted by molar-refractivity contribution is -0.135. The summed E-state index contributed by atoms with van der Waals surface area (Å²) in [4.78, 5) is 41.7. The van der Waals surface area contributed by atoms with Crippen LogP contribution in [-0.2, 0) is 16.1 Å². The van der Waals surface area contributed by atoms with Gasteiger partial charge in [0.25, 0.3) is 0 Å². The maximum absolute atomic E-state index is 13.1. The Morgan fingerprint density at radius 3 is 2.76 bits per heavy atom. The van der Waals surface area contributed by atoms with Crippen molar-refractivity contribution in [1.29, 1.82) is 0 Å². The molecule has 2 bridgehead atoms. The summed E-state index contributed by atoms with van der Waals surface area (Å²) in [6.07, 6.45) is 5.79. The maximum Gasteiger partial charge on any atom is 0.420 e. The van der Waals surface area contributed by atoms with E-state index in [1.165, 1.54) is 4.57 Å². The number of aromatic nitrogens is 1. The Balaban J connectivity index is 1.19. The number of fused-ring (bicyclic) bond motifs is 3. The van der Waals surface area contributed by atoms with Gasteiger partial charge in [-0.2, -0.15) is 0 Å². The Hall–Kier alpha value is -2.32. The average Bonchev–Trinajstić information content (AvgIpc) is 3.43. The topological polar surface area (TPSA) is 87.8 Å². The lowest BCUT2D eigenvalue weighted by Crippen LogP contribution is -2.57. The molecule has 3 fully saturated rings. The number of oxazole rings is 1. The normalized spacial score (nSPS) is 25.1. The van der Waals surface area contributed by atoms with E-state index in [-0.39, 0.29) is 18.4 Å². The molecule has 5 rings (SSSR count). The van der Waals surface area contributed by atoms with Crippen LogP contribution in [0.2, 0.25) is 5.02 Å². The van der Waals surface area contributed by atoms with Gasteiger partial charge in [0.1, 0.15) is 6.54 Å². The lowest BCUT2D eigenvalue weighted by atomic mass is 9.79. The smallest absolute Gasteiger partial charge is 0.408 e. The minimum Gasteiger partial charge on any atom is -0.408 e. The van der Waals surface area contributed by atoms with Crippen LogP contribution in [-0.4, -0.2) is 64.9 Å². The van der Waals surface area contributed by atoms with Gasteiger partial charge in [0, 0.05) is 49.7 Å². The molecule has 2 unspecified atom stereocenters. The summed E-state index contributed by atoms with van der Waals surface area (Å²) < 4.78 is 6.66. The Morgan fingerprint density at radius 1 is 1.12 bits per heavy atom. The van der Waals surface area contributed by atoms with Crippen LogP contribution < -0.4 is 11.1 Å². The third-order valence-electron chi connectivity index (χ3n) is 7.45. The molecule has 3 saturated heterocycles. The van der Waals surface area contributed by atoms with Gasteiger partial charge < -0.3 is 19.5 Å². The number of hydrogen-bond donors (Lipinski definition) is 1. The first-order chi connectivity index (χ1) is 16.0. The zero-order valence-corrected chi connectivity index (χ0v) is 19.6. The van der Waals surface area contributed by atoms with E-state index in [0.717, 1.165) is 51.7 Å². The first kappa shape index (κ1) is 22.5. The van der Waals surface area contributed by atoms with Crippen LogP contribution >= 0.6 is 11.6 Å². The Labute approximate surface area is 197 Å². The van der Waals surface area contributed by atoms with Crippen molar-refractivity contribution < 1.29 is 14.0 Å². The minimum absolute atomic E-state index is 0.0324. The van der Waals surface area contributed by atoms with Gasteiger partial charge in [-0.25, -0.2) is 4.79 Å². The standard InChI is InChI=1S/C24H31ClN4O4/c25-18-6-7-20-21(11-18)33-24(32)29(20)15-23(31)28-13-16-10-17(14-28)19(26-12-16)4-3-5-22(30)27-8-1-2-9-27/h6-7,11,16-17,19,26H,1-5,8-10,12-15H2/t16?,17?,19-/m1/s1. The molecular weight excluding hydrogens is 444 g/mol. The second-order valence-electron chi connectivity index (χ2n) is 9.72. The average molecular weight is 475 g/mol. The van der Waals surface area contributed by atoms with E-state index >= 15 is 0 Å². The summed E-state index contributed by atoms with van der Waals surface area (Å²) in [5.74, 6) is 0.474. The summed E-state index contributed by atoms with van der Waals surface area (Å²) in [6.45, 7) is 4.06.